The number of rotatable bonds is 4. The van der Waals surface area contributed by atoms with Crippen molar-refractivity contribution in [2.24, 2.45) is 0 Å². The molecule has 1 amide bonds. The molecule has 27 heavy (non-hydrogen) atoms. The summed E-state index contributed by atoms with van der Waals surface area (Å²) in [5.41, 5.74) is 4.12. The zero-order valence-electron chi connectivity index (χ0n) is 15.5. The lowest BCUT2D eigenvalue weighted by Crippen LogP contribution is -2.48. The van der Waals surface area contributed by atoms with Gasteiger partial charge >= 0.3 is 0 Å². The highest BCUT2D eigenvalue weighted by atomic mass is 32.1. The summed E-state index contributed by atoms with van der Waals surface area (Å²) in [6.07, 6.45) is 0. The second-order valence-electron chi connectivity index (χ2n) is 6.93. The molecular formula is C22H23N3OS. The lowest BCUT2D eigenvalue weighted by molar-refractivity contribution is 0.0628. The number of nitrogens with zero attached hydrogens (tertiary/aromatic N) is 3. The molecule has 0 bridgehead atoms. The van der Waals surface area contributed by atoms with Crippen LogP contribution in [0, 0.1) is 6.92 Å². The number of benzene rings is 2. The minimum atomic E-state index is 0.138. The van der Waals surface area contributed by atoms with Gasteiger partial charge < -0.3 is 4.90 Å². The third-order valence-electron chi connectivity index (χ3n) is 4.90. The molecule has 4 rings (SSSR count). The van der Waals surface area contributed by atoms with Crippen molar-refractivity contribution in [1.82, 2.24) is 14.8 Å². The fraction of sp³-hybridized carbons (Fsp3) is 0.273. The highest BCUT2D eigenvalue weighted by Crippen LogP contribution is 2.23. The number of aryl methyl sites for hydroxylation is 1. The van der Waals surface area contributed by atoms with Crippen LogP contribution in [-0.4, -0.2) is 46.9 Å². The summed E-state index contributed by atoms with van der Waals surface area (Å²) in [7, 11) is 0. The van der Waals surface area contributed by atoms with Crippen molar-refractivity contribution in [2.45, 2.75) is 13.5 Å². The van der Waals surface area contributed by atoms with E-state index in [0.29, 0.717) is 0 Å². The number of hydrogen-bond acceptors (Lipinski definition) is 4. The maximum Gasteiger partial charge on any atom is 0.253 e. The van der Waals surface area contributed by atoms with Gasteiger partial charge in [0.2, 0.25) is 0 Å². The first kappa shape index (κ1) is 17.9. The number of carbonyl (C=O) groups excluding carboxylic acids is 1. The number of aromatic nitrogens is 1. The number of thiazole rings is 1. The Bertz CT molecular complexity index is 914. The predicted molar refractivity (Wildman–Crippen MR) is 110 cm³/mol. The third kappa shape index (κ3) is 4.26. The van der Waals surface area contributed by atoms with Crippen molar-refractivity contribution < 1.29 is 4.79 Å². The minimum absolute atomic E-state index is 0.138. The summed E-state index contributed by atoms with van der Waals surface area (Å²) in [5, 5.41) is 3.26. The Morgan fingerprint density at radius 3 is 2.56 bits per heavy atom. The van der Waals surface area contributed by atoms with Crippen molar-refractivity contribution in [3.63, 3.8) is 0 Å². The molecule has 1 aromatic heterocycles. The molecule has 1 aliphatic heterocycles. The monoisotopic (exact) mass is 377 g/mol. The van der Waals surface area contributed by atoms with E-state index in [9.17, 15) is 4.79 Å². The molecule has 1 fully saturated rings. The van der Waals surface area contributed by atoms with Crippen molar-refractivity contribution in [3.8, 4) is 11.3 Å². The Balaban J connectivity index is 1.33. The first-order chi connectivity index (χ1) is 13.2. The van der Waals surface area contributed by atoms with Gasteiger partial charge in [-0.2, -0.15) is 0 Å². The number of piperazine rings is 1. The van der Waals surface area contributed by atoms with Crippen LogP contribution in [0.3, 0.4) is 0 Å². The lowest BCUT2D eigenvalue weighted by Gasteiger charge is -2.34. The Morgan fingerprint density at radius 1 is 1.04 bits per heavy atom. The second-order valence-corrected chi connectivity index (χ2v) is 7.87. The first-order valence-corrected chi connectivity index (χ1v) is 10.1. The normalized spacial score (nSPS) is 15.1. The largest absolute Gasteiger partial charge is 0.336 e. The van der Waals surface area contributed by atoms with Gasteiger partial charge in [-0.15, -0.1) is 11.3 Å². The van der Waals surface area contributed by atoms with Gasteiger partial charge in [-0.1, -0.05) is 48.0 Å². The van der Waals surface area contributed by atoms with E-state index in [-0.39, 0.29) is 5.91 Å². The maximum absolute atomic E-state index is 12.7. The van der Waals surface area contributed by atoms with Gasteiger partial charge in [0.05, 0.1) is 12.2 Å². The molecule has 138 valence electrons. The Morgan fingerprint density at radius 2 is 1.81 bits per heavy atom. The van der Waals surface area contributed by atoms with Gasteiger partial charge in [-0.3, -0.25) is 9.69 Å². The molecule has 4 nitrogen and oxygen atoms in total. The molecule has 0 atom stereocenters. The average Bonchev–Trinajstić information content (AvgIpc) is 3.17. The van der Waals surface area contributed by atoms with Crippen LogP contribution in [-0.2, 0) is 6.54 Å². The number of amides is 1. The van der Waals surface area contributed by atoms with Crippen LogP contribution in [0.25, 0.3) is 11.3 Å². The SMILES string of the molecule is Cc1cccc(C(=O)N2CCN(Cc3nc(-c4ccccc4)cs3)CC2)c1. The molecule has 3 aromatic rings. The van der Waals surface area contributed by atoms with E-state index in [1.165, 1.54) is 0 Å². The summed E-state index contributed by atoms with van der Waals surface area (Å²) in [4.78, 5) is 21.8. The molecule has 5 heteroatoms. The van der Waals surface area contributed by atoms with Crippen LogP contribution in [0.15, 0.2) is 60.0 Å². The number of carbonyl (C=O) groups is 1. The van der Waals surface area contributed by atoms with Crippen molar-refractivity contribution in [2.75, 3.05) is 26.2 Å². The molecular weight excluding hydrogens is 354 g/mol. The van der Waals surface area contributed by atoms with E-state index in [4.69, 9.17) is 4.98 Å². The Kier molecular flexibility index (Phi) is 5.32. The van der Waals surface area contributed by atoms with Gasteiger partial charge in [-0.05, 0) is 19.1 Å². The van der Waals surface area contributed by atoms with Crippen LogP contribution < -0.4 is 0 Å². The van der Waals surface area contributed by atoms with Crippen molar-refractivity contribution in [3.05, 3.63) is 76.1 Å². The fourth-order valence-electron chi connectivity index (χ4n) is 3.39. The Labute approximate surface area is 164 Å². The zero-order valence-corrected chi connectivity index (χ0v) is 16.3. The molecule has 1 saturated heterocycles. The van der Waals surface area contributed by atoms with Crippen LogP contribution in [0.4, 0.5) is 0 Å². The smallest absolute Gasteiger partial charge is 0.253 e. The average molecular weight is 378 g/mol. The quantitative estimate of drug-likeness (QED) is 0.687. The molecule has 0 spiro atoms. The van der Waals surface area contributed by atoms with Gasteiger partial charge in [0.1, 0.15) is 5.01 Å². The lowest BCUT2D eigenvalue weighted by atomic mass is 10.1. The van der Waals surface area contributed by atoms with Gasteiger partial charge in [0, 0.05) is 42.7 Å². The summed E-state index contributed by atoms with van der Waals surface area (Å²) < 4.78 is 0. The van der Waals surface area contributed by atoms with E-state index in [2.05, 4.69) is 22.4 Å². The first-order valence-electron chi connectivity index (χ1n) is 9.27. The number of hydrogen-bond donors (Lipinski definition) is 0. The fourth-order valence-corrected chi connectivity index (χ4v) is 4.23. The summed E-state index contributed by atoms with van der Waals surface area (Å²) in [6.45, 7) is 6.18. The molecule has 0 aliphatic carbocycles. The van der Waals surface area contributed by atoms with Crippen LogP contribution in [0.2, 0.25) is 0 Å². The van der Waals surface area contributed by atoms with E-state index in [1.54, 1.807) is 11.3 Å². The van der Waals surface area contributed by atoms with Crippen molar-refractivity contribution >= 4 is 17.2 Å². The molecule has 0 N–H and O–H groups in total. The van der Waals surface area contributed by atoms with Gasteiger partial charge in [0.25, 0.3) is 5.91 Å². The van der Waals surface area contributed by atoms with Crippen LogP contribution in [0.5, 0.6) is 0 Å². The standard InChI is InChI=1S/C22H23N3OS/c1-17-6-5-9-19(14-17)22(26)25-12-10-24(11-13-25)15-21-23-20(16-27-21)18-7-3-2-4-8-18/h2-9,14,16H,10-13,15H2,1H3. The maximum atomic E-state index is 12.7. The van der Waals surface area contributed by atoms with Gasteiger partial charge in [0.15, 0.2) is 0 Å². The van der Waals surface area contributed by atoms with E-state index >= 15 is 0 Å². The van der Waals surface area contributed by atoms with E-state index in [0.717, 1.165) is 60.1 Å². The molecule has 2 aromatic carbocycles. The second kappa shape index (κ2) is 8.03. The minimum Gasteiger partial charge on any atom is -0.336 e. The zero-order chi connectivity index (χ0) is 18.6. The van der Waals surface area contributed by atoms with E-state index < -0.39 is 0 Å². The van der Waals surface area contributed by atoms with Gasteiger partial charge in [-0.25, -0.2) is 4.98 Å². The molecule has 1 aliphatic rings. The van der Waals surface area contributed by atoms with Crippen LogP contribution >= 0.6 is 11.3 Å². The molecule has 2 heterocycles. The predicted octanol–water partition coefficient (Wildman–Crippen LogP) is 4.08. The molecule has 0 saturated carbocycles. The molecule has 0 radical (unpaired) electrons. The summed E-state index contributed by atoms with van der Waals surface area (Å²) in [6, 6.07) is 18.1. The summed E-state index contributed by atoms with van der Waals surface area (Å²) >= 11 is 1.71. The highest BCUT2D eigenvalue weighted by molar-refractivity contribution is 7.09. The Hall–Kier alpha value is -2.50. The topological polar surface area (TPSA) is 36.4 Å². The van der Waals surface area contributed by atoms with Crippen molar-refractivity contribution in [1.29, 1.82) is 0 Å². The third-order valence-corrected chi connectivity index (χ3v) is 5.74. The molecule has 0 unspecified atom stereocenters. The summed E-state index contributed by atoms with van der Waals surface area (Å²) in [5.74, 6) is 0.138. The van der Waals surface area contributed by atoms with Crippen LogP contribution in [0.1, 0.15) is 20.9 Å². The highest BCUT2D eigenvalue weighted by Gasteiger charge is 2.22. The van der Waals surface area contributed by atoms with E-state index in [1.807, 2.05) is 54.3 Å².